The van der Waals surface area contributed by atoms with Crippen LogP contribution in [0, 0.1) is 0 Å². The summed E-state index contributed by atoms with van der Waals surface area (Å²) in [6.45, 7) is 21.3. The highest BCUT2D eigenvalue weighted by atomic mass is 16.4. The molecule has 0 saturated heterocycles. The van der Waals surface area contributed by atoms with E-state index in [2.05, 4.69) is 33.6 Å². The lowest BCUT2D eigenvalue weighted by Crippen LogP contribution is -1.97. The molecule has 57 heavy (non-hydrogen) atoms. The Morgan fingerprint density at radius 3 is 1.11 bits per heavy atom. The van der Waals surface area contributed by atoms with Gasteiger partial charge in [0.25, 0.3) is 0 Å². The Morgan fingerprint density at radius 2 is 0.825 bits per heavy atom. The standard InChI is InChI=1S/C22H42O2.C8H14O2.C8H8.C7H12O2.C4H6O2/c1-3-4-5-6-7-8-9-10-11-12-13-14-15-16-17-18-19-20-21(2)22(23)24;1-3-4-5-6-7(2)8(9)10;1-2-8-6-4-3-5-7-8;1-3-4-5-6(2)7(8)9;1-3(2)4(5)6/h20H,3-19H2,1-2H3,(H,23,24);6H,3-5H2,1-2H3,(H,9,10);2-7H,1H2;2-5H2,1H3,(H,8,9);1H2,2H3,(H,5,6). The Labute approximate surface area is 348 Å². The first kappa shape index (κ1) is 59.5. The summed E-state index contributed by atoms with van der Waals surface area (Å²) in [5.41, 5.74) is 2.60. The Balaban J connectivity index is -0.000000349. The molecule has 0 amide bonds. The van der Waals surface area contributed by atoms with E-state index in [-0.39, 0.29) is 5.57 Å². The van der Waals surface area contributed by atoms with Crippen molar-refractivity contribution in [3.63, 3.8) is 0 Å². The molecule has 0 aromatic heterocycles. The number of benzene rings is 1. The van der Waals surface area contributed by atoms with E-state index in [1.807, 2.05) is 49.4 Å². The second kappa shape index (κ2) is 46.2. The largest absolute Gasteiger partial charge is 0.478 e. The molecule has 0 saturated carbocycles. The maximum atomic E-state index is 10.6. The quantitative estimate of drug-likeness (QED) is 0.0483. The van der Waals surface area contributed by atoms with Gasteiger partial charge in [0.1, 0.15) is 0 Å². The lowest BCUT2D eigenvalue weighted by Gasteiger charge is -2.03. The summed E-state index contributed by atoms with van der Waals surface area (Å²) in [5, 5.41) is 33.4. The third-order valence-corrected chi connectivity index (χ3v) is 8.73. The van der Waals surface area contributed by atoms with E-state index in [0.29, 0.717) is 23.1 Å². The van der Waals surface area contributed by atoms with Gasteiger partial charge >= 0.3 is 23.9 Å². The van der Waals surface area contributed by atoms with Gasteiger partial charge in [-0.05, 0) is 58.4 Å². The average Bonchev–Trinajstić information content (AvgIpc) is 3.19. The number of carboxylic acid groups (broad SMARTS) is 4. The number of unbranched alkanes of at least 4 members (excludes halogenated alkanes) is 19. The van der Waals surface area contributed by atoms with E-state index in [4.69, 9.17) is 20.4 Å². The minimum Gasteiger partial charge on any atom is -0.478 e. The number of allylic oxidation sites excluding steroid dienone is 2. The van der Waals surface area contributed by atoms with Crippen LogP contribution in [0.3, 0.4) is 0 Å². The molecule has 0 unspecified atom stereocenters. The second-order valence-corrected chi connectivity index (χ2v) is 14.3. The number of aliphatic carboxylic acids is 4. The molecule has 0 spiro atoms. The van der Waals surface area contributed by atoms with E-state index in [1.54, 1.807) is 19.9 Å². The van der Waals surface area contributed by atoms with E-state index in [9.17, 15) is 19.2 Å². The lowest BCUT2D eigenvalue weighted by atomic mass is 10.0. The monoisotopic (exact) mass is 799 g/mol. The van der Waals surface area contributed by atoms with E-state index < -0.39 is 23.9 Å². The van der Waals surface area contributed by atoms with Gasteiger partial charge in [0.15, 0.2) is 0 Å². The van der Waals surface area contributed by atoms with Crippen molar-refractivity contribution in [1.29, 1.82) is 0 Å². The van der Waals surface area contributed by atoms with Crippen molar-refractivity contribution in [3.05, 3.63) is 90.1 Å². The molecule has 0 aliphatic heterocycles. The maximum Gasteiger partial charge on any atom is 0.330 e. The molecule has 0 aliphatic rings. The smallest absolute Gasteiger partial charge is 0.330 e. The highest BCUT2D eigenvalue weighted by molar-refractivity contribution is 5.86. The molecule has 0 aliphatic carbocycles. The fraction of sp³-hybridized carbons (Fsp3) is 0.592. The fourth-order valence-corrected chi connectivity index (χ4v) is 4.79. The molecule has 1 rings (SSSR count). The van der Waals surface area contributed by atoms with Crippen LogP contribution in [0.4, 0.5) is 0 Å². The lowest BCUT2D eigenvalue weighted by molar-refractivity contribution is -0.133. The summed E-state index contributed by atoms with van der Waals surface area (Å²) in [4.78, 5) is 40.6. The Hall–Kier alpha value is -4.20. The van der Waals surface area contributed by atoms with Gasteiger partial charge in [0.2, 0.25) is 0 Å². The first-order valence-electron chi connectivity index (χ1n) is 21.4. The van der Waals surface area contributed by atoms with Gasteiger partial charge in [-0.2, -0.15) is 0 Å². The first-order valence-corrected chi connectivity index (χ1v) is 21.4. The van der Waals surface area contributed by atoms with Crippen LogP contribution < -0.4 is 0 Å². The normalized spacial score (nSPS) is 10.4. The summed E-state index contributed by atoms with van der Waals surface area (Å²) in [7, 11) is 0. The Morgan fingerprint density at radius 1 is 0.491 bits per heavy atom. The number of hydrogen-bond donors (Lipinski definition) is 4. The molecule has 0 atom stereocenters. The van der Waals surface area contributed by atoms with Crippen LogP contribution in [0.15, 0.2) is 84.5 Å². The number of hydrogen-bond acceptors (Lipinski definition) is 4. The van der Waals surface area contributed by atoms with Gasteiger partial charge in [0.05, 0.1) is 0 Å². The summed E-state index contributed by atoms with van der Waals surface area (Å²) >= 11 is 0. The molecule has 0 bridgehead atoms. The van der Waals surface area contributed by atoms with Crippen LogP contribution in [-0.4, -0.2) is 44.3 Å². The highest BCUT2D eigenvalue weighted by Crippen LogP contribution is 2.14. The van der Waals surface area contributed by atoms with E-state index >= 15 is 0 Å². The third-order valence-electron chi connectivity index (χ3n) is 8.73. The molecule has 0 fully saturated rings. The van der Waals surface area contributed by atoms with Gasteiger partial charge in [-0.25, -0.2) is 19.2 Å². The summed E-state index contributed by atoms with van der Waals surface area (Å²) in [6.07, 6.45) is 34.0. The number of carbonyl (C=O) groups is 4. The van der Waals surface area contributed by atoms with Crippen LogP contribution in [0.5, 0.6) is 0 Å². The molecule has 8 heteroatoms. The third kappa shape index (κ3) is 51.8. The van der Waals surface area contributed by atoms with Crippen molar-refractivity contribution in [2.75, 3.05) is 0 Å². The van der Waals surface area contributed by atoms with Crippen LogP contribution in [0.25, 0.3) is 6.08 Å². The van der Waals surface area contributed by atoms with E-state index in [0.717, 1.165) is 44.9 Å². The molecule has 0 radical (unpaired) electrons. The molecule has 1 aromatic rings. The molecular formula is C49H82O8. The predicted molar refractivity (Wildman–Crippen MR) is 242 cm³/mol. The Kier molecular flexibility index (Phi) is 48.2. The molecule has 326 valence electrons. The van der Waals surface area contributed by atoms with Crippen LogP contribution in [0.2, 0.25) is 0 Å². The topological polar surface area (TPSA) is 149 Å². The average molecular weight is 799 g/mol. The maximum absolute atomic E-state index is 10.6. The highest BCUT2D eigenvalue weighted by Gasteiger charge is 2.01. The van der Waals surface area contributed by atoms with Crippen LogP contribution >= 0.6 is 0 Å². The molecule has 8 nitrogen and oxygen atoms in total. The fourth-order valence-electron chi connectivity index (χ4n) is 4.79. The Bertz CT molecular complexity index is 1230. The minimum absolute atomic E-state index is 0.176. The minimum atomic E-state index is -0.935. The summed E-state index contributed by atoms with van der Waals surface area (Å²) in [5.74, 6) is -3.40. The van der Waals surface area contributed by atoms with Crippen molar-refractivity contribution < 1.29 is 39.6 Å². The van der Waals surface area contributed by atoms with Gasteiger partial charge in [-0.15, -0.1) is 0 Å². The first-order chi connectivity index (χ1) is 27.1. The molecule has 1 aromatic carbocycles. The number of carboxylic acids is 4. The van der Waals surface area contributed by atoms with Crippen molar-refractivity contribution in [2.45, 2.75) is 189 Å². The van der Waals surface area contributed by atoms with Crippen molar-refractivity contribution in [2.24, 2.45) is 0 Å². The van der Waals surface area contributed by atoms with E-state index in [1.165, 1.54) is 109 Å². The van der Waals surface area contributed by atoms with Crippen molar-refractivity contribution >= 4 is 30.0 Å². The molecule has 4 N–H and O–H groups in total. The van der Waals surface area contributed by atoms with Crippen molar-refractivity contribution in [1.82, 2.24) is 0 Å². The molecular weight excluding hydrogens is 717 g/mol. The summed E-state index contributed by atoms with van der Waals surface area (Å²) < 4.78 is 0. The van der Waals surface area contributed by atoms with Crippen LogP contribution in [-0.2, 0) is 19.2 Å². The van der Waals surface area contributed by atoms with Gasteiger partial charge < -0.3 is 20.4 Å². The summed E-state index contributed by atoms with van der Waals surface area (Å²) in [6, 6.07) is 10.0. The van der Waals surface area contributed by atoms with Crippen molar-refractivity contribution in [3.8, 4) is 0 Å². The number of rotatable bonds is 28. The van der Waals surface area contributed by atoms with Gasteiger partial charge in [0, 0.05) is 22.3 Å². The van der Waals surface area contributed by atoms with Gasteiger partial charge in [-0.3, -0.25) is 0 Å². The zero-order chi connectivity index (χ0) is 44.1. The SMILES string of the molecule is C=C(C)C(=O)O.C=C(CCCC)C(=O)O.C=Cc1ccccc1.CCCCC=C(C)C(=O)O.CCCCCCCCCCCCCCCCCCC=C(C)C(=O)O. The zero-order valence-electron chi connectivity index (χ0n) is 36.9. The van der Waals surface area contributed by atoms with Gasteiger partial charge in [-0.1, -0.05) is 205 Å². The second-order valence-electron chi connectivity index (χ2n) is 14.3. The van der Waals surface area contributed by atoms with Crippen LogP contribution in [0.1, 0.15) is 195 Å². The predicted octanol–water partition coefficient (Wildman–Crippen LogP) is 14.7. The molecule has 0 heterocycles. The zero-order valence-corrected chi connectivity index (χ0v) is 36.9.